The Morgan fingerprint density at radius 3 is 2.48 bits per heavy atom. The number of hydrogen-bond donors (Lipinski definition) is 1. The van der Waals surface area contributed by atoms with Crippen LogP contribution in [0.2, 0.25) is 0 Å². The number of fused-ring (bicyclic) bond motifs is 1. The minimum Gasteiger partial charge on any atom is -0.338 e. The number of aromatic nitrogens is 2. The Balaban J connectivity index is 1.78. The number of para-hydroxylation sites is 2. The number of benzene rings is 3. The van der Waals surface area contributed by atoms with E-state index in [2.05, 4.69) is 9.88 Å². The van der Waals surface area contributed by atoms with Crippen molar-refractivity contribution in [3.63, 3.8) is 0 Å². The zero-order valence-electron chi connectivity index (χ0n) is 16.7. The normalized spacial score (nSPS) is 12.1. The summed E-state index contributed by atoms with van der Waals surface area (Å²) in [6, 6.07) is 23.6. The smallest absolute Gasteiger partial charge is 0.252 e. The van der Waals surface area contributed by atoms with Gasteiger partial charge in [-0.1, -0.05) is 48.5 Å². The van der Waals surface area contributed by atoms with Crippen LogP contribution < -0.4 is 5.32 Å². The van der Waals surface area contributed by atoms with Crippen molar-refractivity contribution in [3.05, 3.63) is 95.3 Å². The maximum Gasteiger partial charge on any atom is 0.252 e. The van der Waals surface area contributed by atoms with E-state index in [9.17, 15) is 4.79 Å². The van der Waals surface area contributed by atoms with Gasteiger partial charge in [-0.25, -0.2) is 4.98 Å². The number of aryl methyl sites for hydroxylation is 2. The van der Waals surface area contributed by atoms with Gasteiger partial charge >= 0.3 is 0 Å². The molecular weight excluding hydrogens is 378 g/mol. The molecule has 1 N–H and O–H groups in total. The van der Waals surface area contributed by atoms with Crippen LogP contribution in [0.15, 0.2) is 77.7 Å². The zero-order chi connectivity index (χ0) is 20.4. The summed E-state index contributed by atoms with van der Waals surface area (Å²) in [5, 5.41) is 3.23. The van der Waals surface area contributed by atoms with Crippen molar-refractivity contribution >= 4 is 28.7 Å². The lowest BCUT2D eigenvalue weighted by molar-refractivity contribution is 0.0940. The SMILES string of the molecule is CSc1ccc(C)c(C(=O)NC(c2ccccc2)c2nc3ccccc3n2C)c1. The Morgan fingerprint density at radius 1 is 1.03 bits per heavy atom. The van der Waals surface area contributed by atoms with Gasteiger partial charge in [0.15, 0.2) is 0 Å². The number of carbonyl (C=O) groups excluding carboxylic acids is 1. The lowest BCUT2D eigenvalue weighted by Crippen LogP contribution is -2.31. The molecule has 1 heterocycles. The molecule has 29 heavy (non-hydrogen) atoms. The first-order valence-corrected chi connectivity index (χ1v) is 10.7. The van der Waals surface area contributed by atoms with E-state index in [-0.39, 0.29) is 11.9 Å². The van der Waals surface area contributed by atoms with Crippen LogP contribution in [-0.2, 0) is 7.05 Å². The number of thioether (sulfide) groups is 1. The van der Waals surface area contributed by atoms with Crippen LogP contribution in [-0.4, -0.2) is 21.7 Å². The molecule has 0 aliphatic rings. The van der Waals surface area contributed by atoms with E-state index in [1.54, 1.807) is 11.8 Å². The van der Waals surface area contributed by atoms with E-state index in [1.165, 1.54) is 0 Å². The molecule has 0 radical (unpaired) electrons. The highest BCUT2D eigenvalue weighted by molar-refractivity contribution is 7.98. The minimum atomic E-state index is -0.349. The molecule has 4 rings (SSSR count). The molecule has 0 saturated carbocycles. The third kappa shape index (κ3) is 3.78. The van der Waals surface area contributed by atoms with Crippen molar-refractivity contribution in [1.82, 2.24) is 14.9 Å². The second-order valence-corrected chi connectivity index (χ2v) is 7.90. The molecule has 1 aromatic heterocycles. The number of hydrogen-bond acceptors (Lipinski definition) is 3. The zero-order valence-corrected chi connectivity index (χ0v) is 17.5. The number of imidazole rings is 1. The van der Waals surface area contributed by atoms with Gasteiger partial charge in [0.05, 0.1) is 11.0 Å². The first kappa shape index (κ1) is 19.3. The van der Waals surface area contributed by atoms with Gasteiger partial charge in [-0.3, -0.25) is 4.79 Å². The number of nitrogens with one attached hydrogen (secondary N) is 1. The topological polar surface area (TPSA) is 46.9 Å². The van der Waals surface area contributed by atoms with E-state index in [1.807, 2.05) is 93.0 Å². The summed E-state index contributed by atoms with van der Waals surface area (Å²) in [5.74, 6) is 0.712. The average molecular weight is 402 g/mol. The summed E-state index contributed by atoms with van der Waals surface area (Å²) in [6.07, 6.45) is 2.01. The van der Waals surface area contributed by atoms with Gasteiger partial charge < -0.3 is 9.88 Å². The van der Waals surface area contributed by atoms with Gasteiger partial charge in [0, 0.05) is 17.5 Å². The predicted molar refractivity (Wildman–Crippen MR) is 119 cm³/mol. The molecule has 3 aromatic carbocycles. The number of carbonyl (C=O) groups is 1. The summed E-state index contributed by atoms with van der Waals surface area (Å²) >= 11 is 1.63. The fraction of sp³-hybridized carbons (Fsp3) is 0.167. The first-order chi connectivity index (χ1) is 14.1. The highest BCUT2D eigenvalue weighted by Crippen LogP contribution is 2.26. The van der Waals surface area contributed by atoms with E-state index >= 15 is 0 Å². The molecule has 4 nitrogen and oxygen atoms in total. The number of rotatable bonds is 5. The summed E-state index contributed by atoms with van der Waals surface area (Å²) in [5.41, 5.74) is 4.60. The van der Waals surface area contributed by atoms with Crippen LogP contribution in [0, 0.1) is 6.92 Å². The number of nitrogens with zero attached hydrogens (tertiary/aromatic N) is 2. The standard InChI is InChI=1S/C24H23N3OS/c1-16-13-14-18(29-3)15-19(16)24(28)26-22(17-9-5-4-6-10-17)23-25-20-11-7-8-12-21(20)27(23)2/h4-15,22H,1-3H3,(H,26,28). The third-order valence-electron chi connectivity index (χ3n) is 5.18. The van der Waals surface area contributed by atoms with Crippen molar-refractivity contribution in [2.24, 2.45) is 7.05 Å². The Hall–Kier alpha value is -3.05. The Labute approximate surface area is 175 Å². The molecule has 5 heteroatoms. The average Bonchev–Trinajstić information content (AvgIpc) is 3.09. The lowest BCUT2D eigenvalue weighted by Gasteiger charge is -2.20. The molecule has 0 aliphatic heterocycles. The van der Waals surface area contributed by atoms with Crippen LogP contribution in [0.25, 0.3) is 11.0 Å². The molecule has 0 spiro atoms. The molecule has 4 aromatic rings. The summed E-state index contributed by atoms with van der Waals surface area (Å²) in [7, 11) is 1.99. The van der Waals surface area contributed by atoms with Gasteiger partial charge in [-0.15, -0.1) is 11.8 Å². The van der Waals surface area contributed by atoms with E-state index < -0.39 is 0 Å². The minimum absolute atomic E-state index is 0.0979. The highest BCUT2D eigenvalue weighted by atomic mass is 32.2. The largest absolute Gasteiger partial charge is 0.338 e. The molecule has 0 aliphatic carbocycles. The van der Waals surface area contributed by atoms with Crippen molar-refractivity contribution in [1.29, 1.82) is 0 Å². The molecule has 1 atom stereocenters. The van der Waals surface area contributed by atoms with Crippen molar-refractivity contribution < 1.29 is 4.79 Å². The molecule has 146 valence electrons. The molecule has 0 saturated heterocycles. The van der Waals surface area contributed by atoms with Gasteiger partial charge in [-0.2, -0.15) is 0 Å². The highest BCUT2D eigenvalue weighted by Gasteiger charge is 2.24. The third-order valence-corrected chi connectivity index (χ3v) is 5.90. The Kier molecular flexibility index (Phi) is 5.41. The summed E-state index contributed by atoms with van der Waals surface area (Å²) in [4.78, 5) is 19.2. The molecule has 0 fully saturated rings. The second kappa shape index (κ2) is 8.13. The Morgan fingerprint density at radius 2 is 1.76 bits per heavy atom. The number of amides is 1. The van der Waals surface area contributed by atoms with Gasteiger partial charge in [0.2, 0.25) is 0 Å². The van der Waals surface area contributed by atoms with Gasteiger partial charge in [-0.05, 0) is 48.6 Å². The van der Waals surface area contributed by atoms with Crippen LogP contribution in [0.4, 0.5) is 0 Å². The summed E-state index contributed by atoms with van der Waals surface area (Å²) < 4.78 is 2.05. The molecular formula is C24H23N3OS. The van der Waals surface area contributed by atoms with Crippen molar-refractivity contribution in [2.75, 3.05) is 6.26 Å². The van der Waals surface area contributed by atoms with E-state index in [0.29, 0.717) is 5.56 Å². The van der Waals surface area contributed by atoms with Crippen LogP contribution >= 0.6 is 11.8 Å². The molecule has 0 bridgehead atoms. The summed E-state index contributed by atoms with van der Waals surface area (Å²) in [6.45, 7) is 1.96. The molecule has 1 unspecified atom stereocenters. The maximum atomic E-state index is 13.3. The monoisotopic (exact) mass is 401 g/mol. The fourth-order valence-electron chi connectivity index (χ4n) is 3.55. The Bertz CT molecular complexity index is 1170. The maximum absolute atomic E-state index is 13.3. The van der Waals surface area contributed by atoms with E-state index in [4.69, 9.17) is 4.98 Å². The quantitative estimate of drug-likeness (QED) is 0.472. The van der Waals surface area contributed by atoms with Crippen molar-refractivity contribution in [2.45, 2.75) is 17.9 Å². The fourth-order valence-corrected chi connectivity index (χ4v) is 3.99. The second-order valence-electron chi connectivity index (χ2n) is 7.02. The van der Waals surface area contributed by atoms with Gasteiger partial charge in [0.25, 0.3) is 5.91 Å². The van der Waals surface area contributed by atoms with Crippen molar-refractivity contribution in [3.8, 4) is 0 Å². The van der Waals surface area contributed by atoms with Gasteiger partial charge in [0.1, 0.15) is 11.9 Å². The predicted octanol–water partition coefficient (Wildman–Crippen LogP) is 5.12. The lowest BCUT2D eigenvalue weighted by atomic mass is 10.0. The molecule has 1 amide bonds. The van der Waals surface area contributed by atoms with E-state index in [0.717, 1.165) is 32.9 Å². The van der Waals surface area contributed by atoms with Crippen LogP contribution in [0.5, 0.6) is 0 Å². The van der Waals surface area contributed by atoms with Crippen LogP contribution in [0.3, 0.4) is 0 Å². The van der Waals surface area contributed by atoms with Crippen LogP contribution in [0.1, 0.15) is 33.4 Å². The first-order valence-electron chi connectivity index (χ1n) is 9.50.